The zero-order valence-electron chi connectivity index (χ0n) is 20.3. The Bertz CT molecular complexity index is 1240. The Balaban J connectivity index is 1.42. The van der Waals surface area contributed by atoms with Crippen molar-refractivity contribution in [3.8, 4) is 5.75 Å². The molecule has 2 amide bonds. The summed E-state index contributed by atoms with van der Waals surface area (Å²) in [5.41, 5.74) is 3.71. The van der Waals surface area contributed by atoms with E-state index in [4.69, 9.17) is 4.74 Å². The van der Waals surface area contributed by atoms with E-state index in [0.717, 1.165) is 22.4 Å². The number of benzene rings is 4. The Morgan fingerprint density at radius 2 is 1.33 bits per heavy atom. The number of nitrogens with one attached hydrogen (secondary N) is 1. The van der Waals surface area contributed by atoms with E-state index in [-0.39, 0.29) is 30.9 Å². The van der Waals surface area contributed by atoms with Crippen LogP contribution < -0.4 is 15.0 Å². The predicted octanol–water partition coefficient (Wildman–Crippen LogP) is 5.72. The van der Waals surface area contributed by atoms with Crippen LogP contribution in [0, 0.1) is 0 Å². The lowest BCUT2D eigenvalue weighted by atomic mass is 10.1. The number of hydrogen-bond acceptors (Lipinski definition) is 3. The zero-order valence-corrected chi connectivity index (χ0v) is 20.3. The second-order valence-electron chi connectivity index (χ2n) is 8.61. The molecular formula is C31H30N2O3. The molecule has 1 N–H and O–H groups in total. The molecule has 182 valence electrons. The lowest BCUT2D eigenvalue weighted by molar-refractivity contribution is -0.121. The molecule has 0 saturated carbocycles. The normalized spacial score (nSPS) is 11.4. The second kappa shape index (κ2) is 12.4. The summed E-state index contributed by atoms with van der Waals surface area (Å²) < 4.78 is 5.71. The van der Waals surface area contributed by atoms with Gasteiger partial charge in [-0.1, -0.05) is 91.0 Å². The van der Waals surface area contributed by atoms with Crippen LogP contribution in [-0.2, 0) is 22.6 Å². The first-order valence-corrected chi connectivity index (χ1v) is 12.0. The Labute approximate surface area is 212 Å². The number of anilines is 1. The lowest BCUT2D eigenvalue weighted by Gasteiger charge is -2.23. The molecular weight excluding hydrogens is 448 g/mol. The molecule has 4 aromatic rings. The van der Waals surface area contributed by atoms with Crippen molar-refractivity contribution in [1.82, 2.24) is 5.32 Å². The average molecular weight is 479 g/mol. The van der Waals surface area contributed by atoms with Gasteiger partial charge in [0.25, 0.3) is 5.91 Å². The van der Waals surface area contributed by atoms with E-state index in [0.29, 0.717) is 12.3 Å². The van der Waals surface area contributed by atoms with E-state index in [1.807, 2.05) is 122 Å². The number of amides is 2. The fraction of sp³-hybridized carbons (Fsp3) is 0.161. The van der Waals surface area contributed by atoms with Gasteiger partial charge in [-0.25, -0.2) is 0 Å². The molecule has 0 fully saturated rings. The van der Waals surface area contributed by atoms with Crippen LogP contribution in [0.15, 0.2) is 115 Å². The third kappa shape index (κ3) is 7.06. The van der Waals surface area contributed by atoms with Crippen molar-refractivity contribution in [2.75, 3.05) is 11.5 Å². The molecule has 1 atom stereocenters. The van der Waals surface area contributed by atoms with Crippen LogP contribution in [0.1, 0.15) is 29.7 Å². The Morgan fingerprint density at radius 1 is 0.750 bits per heavy atom. The van der Waals surface area contributed by atoms with Gasteiger partial charge < -0.3 is 15.0 Å². The number of para-hydroxylation sites is 1. The summed E-state index contributed by atoms with van der Waals surface area (Å²) in [5.74, 6) is 0.453. The minimum absolute atomic E-state index is 0.0485. The standard InChI is InChI=1S/C31H30N2O3/c1-24(27-13-7-3-8-14-27)32-30(34)21-25-17-19-28(20-18-25)33(22-26-11-5-2-6-12-26)31(35)23-36-29-15-9-4-10-16-29/h2-20,24H,21-23H2,1H3,(H,32,34)/t24-/m1/s1. The lowest BCUT2D eigenvalue weighted by Crippen LogP contribution is -2.34. The molecule has 0 spiro atoms. The molecule has 5 heteroatoms. The largest absolute Gasteiger partial charge is 0.484 e. The molecule has 5 nitrogen and oxygen atoms in total. The Morgan fingerprint density at radius 3 is 1.97 bits per heavy atom. The average Bonchev–Trinajstić information content (AvgIpc) is 2.92. The van der Waals surface area contributed by atoms with Gasteiger partial charge >= 0.3 is 0 Å². The summed E-state index contributed by atoms with van der Waals surface area (Å²) in [6.07, 6.45) is 0.265. The Kier molecular flexibility index (Phi) is 8.49. The first-order chi connectivity index (χ1) is 17.6. The van der Waals surface area contributed by atoms with Gasteiger partial charge in [0.1, 0.15) is 5.75 Å². The van der Waals surface area contributed by atoms with E-state index in [1.165, 1.54) is 0 Å². The molecule has 0 unspecified atom stereocenters. The summed E-state index contributed by atoms with van der Waals surface area (Å²) in [7, 11) is 0. The highest BCUT2D eigenvalue weighted by Gasteiger charge is 2.18. The first kappa shape index (κ1) is 24.7. The minimum atomic E-state index is -0.148. The van der Waals surface area contributed by atoms with Crippen molar-refractivity contribution in [2.24, 2.45) is 0 Å². The molecule has 36 heavy (non-hydrogen) atoms. The van der Waals surface area contributed by atoms with Gasteiger partial charge in [-0.15, -0.1) is 0 Å². The summed E-state index contributed by atoms with van der Waals surface area (Å²) in [4.78, 5) is 27.5. The van der Waals surface area contributed by atoms with Gasteiger partial charge in [-0.05, 0) is 47.9 Å². The van der Waals surface area contributed by atoms with Crippen LogP contribution in [0.5, 0.6) is 5.75 Å². The molecule has 0 bridgehead atoms. The molecule has 0 aliphatic rings. The Hall–Kier alpha value is -4.38. The maximum absolute atomic E-state index is 13.2. The maximum atomic E-state index is 13.2. The summed E-state index contributed by atoms with van der Waals surface area (Å²) in [5, 5.41) is 3.05. The quantitative estimate of drug-likeness (QED) is 0.317. The molecule has 0 aliphatic carbocycles. The van der Waals surface area contributed by atoms with Crippen LogP contribution >= 0.6 is 0 Å². The SMILES string of the molecule is C[C@@H](NC(=O)Cc1ccc(N(Cc2ccccc2)C(=O)COc2ccccc2)cc1)c1ccccc1. The zero-order chi connectivity index (χ0) is 25.2. The van der Waals surface area contributed by atoms with E-state index < -0.39 is 0 Å². The van der Waals surface area contributed by atoms with Crippen LogP contribution in [0.2, 0.25) is 0 Å². The van der Waals surface area contributed by atoms with Crippen molar-refractivity contribution >= 4 is 17.5 Å². The fourth-order valence-electron chi connectivity index (χ4n) is 3.93. The molecule has 0 aromatic heterocycles. The number of nitrogens with zero attached hydrogens (tertiary/aromatic N) is 1. The van der Waals surface area contributed by atoms with Crippen molar-refractivity contribution in [3.63, 3.8) is 0 Å². The van der Waals surface area contributed by atoms with Crippen LogP contribution in [0.25, 0.3) is 0 Å². The highest BCUT2D eigenvalue weighted by Crippen LogP contribution is 2.20. The number of rotatable bonds is 10. The van der Waals surface area contributed by atoms with Crippen LogP contribution in [0.4, 0.5) is 5.69 Å². The molecule has 0 heterocycles. The fourth-order valence-corrected chi connectivity index (χ4v) is 3.93. The highest BCUT2D eigenvalue weighted by molar-refractivity contribution is 5.94. The third-order valence-electron chi connectivity index (χ3n) is 5.88. The van der Waals surface area contributed by atoms with Gasteiger partial charge in [-0.2, -0.15) is 0 Å². The maximum Gasteiger partial charge on any atom is 0.265 e. The van der Waals surface area contributed by atoms with Gasteiger partial charge in [-0.3, -0.25) is 9.59 Å². The number of ether oxygens (including phenoxy) is 1. The van der Waals surface area contributed by atoms with Crippen molar-refractivity contribution in [3.05, 3.63) is 132 Å². The molecule has 0 saturated heterocycles. The van der Waals surface area contributed by atoms with E-state index in [9.17, 15) is 9.59 Å². The van der Waals surface area contributed by atoms with Crippen molar-refractivity contribution in [2.45, 2.75) is 25.9 Å². The van der Waals surface area contributed by atoms with Gasteiger partial charge in [0, 0.05) is 5.69 Å². The van der Waals surface area contributed by atoms with Gasteiger partial charge in [0.2, 0.25) is 5.91 Å². The van der Waals surface area contributed by atoms with E-state index >= 15 is 0 Å². The van der Waals surface area contributed by atoms with E-state index in [1.54, 1.807) is 4.90 Å². The van der Waals surface area contributed by atoms with Gasteiger partial charge in [0.05, 0.1) is 19.0 Å². The summed E-state index contributed by atoms with van der Waals surface area (Å²) in [6, 6.07) is 36.5. The topological polar surface area (TPSA) is 58.6 Å². The number of carbonyl (C=O) groups excluding carboxylic acids is 2. The van der Waals surface area contributed by atoms with Crippen molar-refractivity contribution in [1.29, 1.82) is 0 Å². The summed E-state index contributed by atoms with van der Waals surface area (Å²) in [6.45, 7) is 2.32. The van der Waals surface area contributed by atoms with E-state index in [2.05, 4.69) is 5.32 Å². The molecule has 0 radical (unpaired) electrons. The molecule has 4 aromatic carbocycles. The highest BCUT2D eigenvalue weighted by atomic mass is 16.5. The monoisotopic (exact) mass is 478 g/mol. The summed E-state index contributed by atoms with van der Waals surface area (Å²) >= 11 is 0. The minimum Gasteiger partial charge on any atom is -0.484 e. The number of carbonyl (C=O) groups is 2. The number of hydrogen-bond donors (Lipinski definition) is 1. The first-order valence-electron chi connectivity index (χ1n) is 12.0. The second-order valence-corrected chi connectivity index (χ2v) is 8.61. The smallest absolute Gasteiger partial charge is 0.265 e. The molecule has 0 aliphatic heterocycles. The van der Waals surface area contributed by atoms with Gasteiger partial charge in [0.15, 0.2) is 6.61 Å². The third-order valence-corrected chi connectivity index (χ3v) is 5.88. The molecule has 4 rings (SSSR count). The van der Waals surface area contributed by atoms with Crippen LogP contribution in [-0.4, -0.2) is 18.4 Å². The van der Waals surface area contributed by atoms with Crippen molar-refractivity contribution < 1.29 is 14.3 Å². The van der Waals surface area contributed by atoms with Crippen LogP contribution in [0.3, 0.4) is 0 Å². The predicted molar refractivity (Wildman–Crippen MR) is 143 cm³/mol.